The molecule has 0 saturated carbocycles. The van der Waals surface area contributed by atoms with Crippen molar-refractivity contribution in [2.45, 2.75) is 0 Å². The van der Waals surface area contributed by atoms with Gasteiger partial charge in [0.1, 0.15) is 12.6 Å². The Balaban J connectivity index is 2.55. The Morgan fingerprint density at radius 1 is 1.75 bits per heavy atom. The fourth-order valence-electron chi connectivity index (χ4n) is 0. The van der Waals surface area contributed by atoms with E-state index in [0.29, 0.717) is 6.26 Å². The molecule has 0 aliphatic rings. The summed E-state index contributed by atoms with van der Waals surface area (Å²) in [6, 6.07) is 0. The fraction of sp³-hybridized carbons (Fsp3) is 0. The molecule has 0 unspecified atom stereocenters. The highest BCUT2D eigenvalue weighted by atomic mass is 19.1. The molecule has 0 aromatic rings. The number of halogens is 1. The van der Waals surface area contributed by atoms with E-state index in [2.05, 4.69) is 0 Å². The van der Waals surface area contributed by atoms with Crippen LogP contribution in [0.5, 0.6) is 0 Å². The highest BCUT2D eigenvalue weighted by Crippen LogP contribution is 1.58. The standard InChI is InChI=1S/C2H3FO/c3-1-2-4/h1-2,4H/b2-1-. The lowest BCUT2D eigenvalue weighted by molar-refractivity contribution is 0.457. The molecule has 0 aliphatic carbocycles. The highest BCUT2D eigenvalue weighted by molar-refractivity contribution is 4.50. The Kier molecular flexibility index (Phi) is 2.14. The zero-order chi connectivity index (χ0) is 3.41. The van der Waals surface area contributed by atoms with Crippen molar-refractivity contribution in [1.82, 2.24) is 0 Å². The van der Waals surface area contributed by atoms with Gasteiger partial charge in [0, 0.05) is 0 Å². The van der Waals surface area contributed by atoms with E-state index < -0.39 is 0 Å². The van der Waals surface area contributed by atoms with Gasteiger partial charge in [0.05, 0.1) is 0 Å². The quantitative estimate of drug-likeness (QED) is 0.415. The summed E-state index contributed by atoms with van der Waals surface area (Å²) in [6.07, 6.45) is 0.389. The van der Waals surface area contributed by atoms with E-state index in [1.807, 2.05) is 0 Å². The molecule has 24 valence electrons. The van der Waals surface area contributed by atoms with Crippen molar-refractivity contribution < 1.29 is 9.50 Å². The van der Waals surface area contributed by atoms with Crippen molar-refractivity contribution >= 4 is 0 Å². The molecule has 2 heteroatoms. The van der Waals surface area contributed by atoms with Crippen LogP contribution in [0.1, 0.15) is 0 Å². The summed E-state index contributed by atoms with van der Waals surface area (Å²) < 4.78 is 10.3. The number of hydrogen-bond acceptors (Lipinski definition) is 1. The van der Waals surface area contributed by atoms with Crippen LogP contribution in [-0.2, 0) is 0 Å². The molecule has 0 radical (unpaired) electrons. The van der Waals surface area contributed by atoms with E-state index >= 15 is 0 Å². The molecule has 1 nitrogen and oxygen atoms in total. The van der Waals surface area contributed by atoms with Crippen molar-refractivity contribution in [3.8, 4) is 0 Å². The van der Waals surface area contributed by atoms with Crippen LogP contribution in [0.4, 0.5) is 4.39 Å². The van der Waals surface area contributed by atoms with Gasteiger partial charge >= 0.3 is 0 Å². The Bertz CT molecular complexity index is 21.2. The van der Waals surface area contributed by atoms with E-state index in [9.17, 15) is 4.39 Å². The van der Waals surface area contributed by atoms with E-state index in [-0.39, 0.29) is 6.33 Å². The van der Waals surface area contributed by atoms with Crippen LogP contribution < -0.4 is 0 Å². The van der Waals surface area contributed by atoms with Crippen molar-refractivity contribution in [3.63, 3.8) is 0 Å². The average molecular weight is 62.0 g/mol. The molecule has 4 heavy (non-hydrogen) atoms. The highest BCUT2D eigenvalue weighted by Gasteiger charge is 1.40. The second kappa shape index (κ2) is 2.47. The van der Waals surface area contributed by atoms with Crippen LogP contribution in [0, 0.1) is 0 Å². The Morgan fingerprint density at radius 2 is 2.00 bits per heavy atom. The van der Waals surface area contributed by atoms with E-state index in [4.69, 9.17) is 5.11 Å². The number of hydrogen-bond donors (Lipinski definition) is 1. The van der Waals surface area contributed by atoms with Crippen LogP contribution in [0.15, 0.2) is 12.6 Å². The maximum atomic E-state index is 10.3. The maximum Gasteiger partial charge on any atom is 0.121 e. The van der Waals surface area contributed by atoms with Gasteiger partial charge in [-0.25, -0.2) is 4.39 Å². The maximum absolute atomic E-state index is 10.3. The van der Waals surface area contributed by atoms with Crippen LogP contribution in [-0.4, -0.2) is 5.11 Å². The molecule has 1 N–H and O–H groups in total. The predicted octanol–water partition coefficient (Wildman–Crippen LogP) is 0.985. The Hall–Kier alpha value is -0.530. The topological polar surface area (TPSA) is 20.2 Å². The second-order valence-corrected chi connectivity index (χ2v) is 0.275. The molecule has 0 aromatic carbocycles. The monoisotopic (exact) mass is 62.0 g/mol. The van der Waals surface area contributed by atoms with E-state index in [0.717, 1.165) is 0 Å². The summed E-state index contributed by atoms with van der Waals surface area (Å²) in [7, 11) is 0. The average Bonchev–Trinajstić information content (AvgIpc) is 1.37. The minimum absolute atomic E-state index is 0.0556. The lowest BCUT2D eigenvalue weighted by Gasteiger charge is -1.50. The van der Waals surface area contributed by atoms with Gasteiger partial charge < -0.3 is 5.11 Å². The zero-order valence-corrected chi connectivity index (χ0v) is 1.98. The van der Waals surface area contributed by atoms with Crippen LogP contribution in [0.2, 0.25) is 0 Å². The number of rotatable bonds is 0. The van der Waals surface area contributed by atoms with Crippen molar-refractivity contribution in [2.24, 2.45) is 0 Å². The first-order chi connectivity index (χ1) is 1.91. The summed E-state index contributed by atoms with van der Waals surface area (Å²) >= 11 is 0. The first-order valence-corrected chi connectivity index (χ1v) is 0.810. The van der Waals surface area contributed by atoms with Gasteiger partial charge in [-0.2, -0.15) is 0 Å². The summed E-state index contributed by atoms with van der Waals surface area (Å²) in [5, 5.41) is 7.32. The van der Waals surface area contributed by atoms with Gasteiger partial charge in [-0.3, -0.25) is 0 Å². The number of aliphatic hydroxyl groups excluding tert-OH is 1. The Labute approximate surface area is 23.4 Å². The second-order valence-electron chi connectivity index (χ2n) is 0.275. The number of aliphatic hydroxyl groups is 1. The summed E-state index contributed by atoms with van der Waals surface area (Å²) in [5.74, 6) is 0. The van der Waals surface area contributed by atoms with Gasteiger partial charge in [0.25, 0.3) is 0 Å². The molecule has 0 rings (SSSR count). The zero-order valence-electron chi connectivity index (χ0n) is 1.98. The van der Waals surface area contributed by atoms with Crippen LogP contribution in [0.3, 0.4) is 0 Å². The minimum atomic E-state index is 0.0556. The van der Waals surface area contributed by atoms with Gasteiger partial charge in [0.15, 0.2) is 0 Å². The third kappa shape index (κ3) is 1.47. The molecule has 0 aliphatic heterocycles. The Morgan fingerprint density at radius 3 is 2.00 bits per heavy atom. The molecule has 0 heterocycles. The first kappa shape index (κ1) is 3.47. The van der Waals surface area contributed by atoms with Crippen molar-refractivity contribution in [3.05, 3.63) is 12.6 Å². The molecule has 0 aromatic heterocycles. The largest absolute Gasteiger partial charge is 0.513 e. The molecule has 0 saturated heterocycles. The molecule has 0 bridgehead atoms. The minimum Gasteiger partial charge on any atom is -0.513 e. The van der Waals surface area contributed by atoms with Gasteiger partial charge in [-0.15, -0.1) is 0 Å². The van der Waals surface area contributed by atoms with Gasteiger partial charge in [-0.05, 0) is 0 Å². The SMILES string of the molecule is O/C=C\F. The third-order valence-corrected chi connectivity index (χ3v) is 0.0563. The molecule has 0 atom stereocenters. The summed E-state index contributed by atoms with van der Waals surface area (Å²) in [4.78, 5) is 0. The lowest BCUT2D eigenvalue weighted by Crippen LogP contribution is -1.34. The normalized spacial score (nSPS) is 9.25. The predicted molar refractivity (Wildman–Crippen MR) is 12.9 cm³/mol. The molecule has 0 amide bonds. The first-order valence-electron chi connectivity index (χ1n) is 0.810. The summed E-state index contributed by atoms with van der Waals surface area (Å²) in [6.45, 7) is 0. The third-order valence-electron chi connectivity index (χ3n) is 0.0563. The molecular weight excluding hydrogens is 59.0 g/mol. The smallest absolute Gasteiger partial charge is 0.121 e. The van der Waals surface area contributed by atoms with Crippen LogP contribution >= 0.6 is 0 Å². The van der Waals surface area contributed by atoms with Gasteiger partial charge in [-0.1, -0.05) is 0 Å². The van der Waals surface area contributed by atoms with Crippen LogP contribution in [0.25, 0.3) is 0 Å². The molecule has 0 fully saturated rings. The van der Waals surface area contributed by atoms with Crippen molar-refractivity contribution in [1.29, 1.82) is 0 Å². The molecular formula is C2H3FO. The molecule has 0 spiro atoms. The fourth-order valence-corrected chi connectivity index (χ4v) is 0. The lowest BCUT2D eigenvalue weighted by atomic mass is 11.1. The summed E-state index contributed by atoms with van der Waals surface area (Å²) in [5.41, 5.74) is 0. The van der Waals surface area contributed by atoms with E-state index in [1.54, 1.807) is 0 Å². The van der Waals surface area contributed by atoms with Crippen molar-refractivity contribution in [2.75, 3.05) is 0 Å². The van der Waals surface area contributed by atoms with Gasteiger partial charge in [0.2, 0.25) is 0 Å². The van der Waals surface area contributed by atoms with E-state index in [1.165, 1.54) is 0 Å².